The smallest absolute Gasteiger partial charge is 0.272 e. The van der Waals surface area contributed by atoms with Gasteiger partial charge in [0.2, 0.25) is 5.91 Å². The first-order valence-corrected chi connectivity index (χ1v) is 10.8. The van der Waals surface area contributed by atoms with E-state index in [1.807, 2.05) is 11.9 Å². The van der Waals surface area contributed by atoms with Gasteiger partial charge in [-0.3, -0.25) is 14.3 Å². The highest BCUT2D eigenvalue weighted by Gasteiger charge is 2.31. The maximum absolute atomic E-state index is 13.1. The summed E-state index contributed by atoms with van der Waals surface area (Å²) in [5.41, 5.74) is 3.02. The Kier molecular flexibility index (Phi) is 7.24. The molecule has 1 aliphatic rings. The highest BCUT2D eigenvalue weighted by atomic mass is 19.1. The molecule has 7 heteroatoms. The molecule has 0 radical (unpaired) electrons. The van der Waals surface area contributed by atoms with Crippen LogP contribution < -0.4 is 5.32 Å². The lowest BCUT2D eigenvalue weighted by Gasteiger charge is -2.31. The van der Waals surface area contributed by atoms with Crippen LogP contribution in [-0.4, -0.2) is 33.0 Å². The lowest BCUT2D eigenvalue weighted by Crippen LogP contribution is -2.40. The van der Waals surface area contributed by atoms with Gasteiger partial charge in [-0.2, -0.15) is 5.10 Å². The quantitative estimate of drug-likeness (QED) is 0.718. The average Bonchev–Trinajstić information content (AvgIpc) is 3.08. The molecule has 1 aliphatic heterocycles. The van der Waals surface area contributed by atoms with Crippen LogP contribution in [0.4, 0.5) is 4.39 Å². The van der Waals surface area contributed by atoms with Crippen molar-refractivity contribution in [1.82, 2.24) is 20.0 Å². The number of carbonyl (C=O) groups is 2. The van der Waals surface area contributed by atoms with Gasteiger partial charge in [-0.05, 0) is 30.5 Å². The third-order valence-electron chi connectivity index (χ3n) is 5.76. The molecule has 0 atom stereocenters. The Balaban J connectivity index is 1.73. The van der Waals surface area contributed by atoms with Crippen molar-refractivity contribution in [3.8, 4) is 0 Å². The topological polar surface area (TPSA) is 67.2 Å². The van der Waals surface area contributed by atoms with Crippen molar-refractivity contribution in [2.45, 2.75) is 59.0 Å². The van der Waals surface area contributed by atoms with E-state index in [0.29, 0.717) is 31.7 Å². The fraction of sp³-hybridized carbons (Fsp3) is 0.522. The molecule has 2 amide bonds. The SMILES string of the molecule is CCCC(CCC)C(=O)N1CCc2c(c(C(=O)NCc3ccc(F)cc3)nn2C)C1. The van der Waals surface area contributed by atoms with Crippen LogP contribution in [0.25, 0.3) is 0 Å². The second kappa shape index (κ2) is 9.87. The first-order chi connectivity index (χ1) is 14.4. The Bertz CT molecular complexity index is 885. The molecule has 3 rings (SSSR count). The number of carbonyl (C=O) groups excluding carboxylic acids is 2. The molecule has 162 valence electrons. The Morgan fingerprint density at radius 2 is 1.83 bits per heavy atom. The molecule has 0 aliphatic carbocycles. The van der Waals surface area contributed by atoms with Gasteiger partial charge in [0.15, 0.2) is 5.69 Å². The van der Waals surface area contributed by atoms with Crippen LogP contribution in [0.2, 0.25) is 0 Å². The summed E-state index contributed by atoms with van der Waals surface area (Å²) in [5.74, 6) is -0.345. The normalized spacial score (nSPS) is 13.4. The minimum absolute atomic E-state index is 0.0500. The number of halogens is 1. The van der Waals surface area contributed by atoms with E-state index in [1.54, 1.807) is 16.8 Å². The molecular weight excluding hydrogens is 383 g/mol. The van der Waals surface area contributed by atoms with Gasteiger partial charge < -0.3 is 10.2 Å². The van der Waals surface area contributed by atoms with Gasteiger partial charge in [-0.15, -0.1) is 0 Å². The van der Waals surface area contributed by atoms with Crippen LogP contribution >= 0.6 is 0 Å². The van der Waals surface area contributed by atoms with Crippen molar-refractivity contribution < 1.29 is 14.0 Å². The summed E-state index contributed by atoms with van der Waals surface area (Å²) < 4.78 is 14.8. The minimum Gasteiger partial charge on any atom is -0.347 e. The third-order valence-corrected chi connectivity index (χ3v) is 5.76. The van der Waals surface area contributed by atoms with Crippen LogP contribution in [0.5, 0.6) is 0 Å². The average molecular weight is 415 g/mol. The Labute approximate surface area is 177 Å². The van der Waals surface area contributed by atoms with Crippen molar-refractivity contribution in [1.29, 1.82) is 0 Å². The van der Waals surface area contributed by atoms with Crippen LogP contribution in [0.15, 0.2) is 24.3 Å². The molecule has 30 heavy (non-hydrogen) atoms. The number of aryl methyl sites for hydroxylation is 1. The molecule has 1 aromatic heterocycles. The zero-order valence-electron chi connectivity index (χ0n) is 18.1. The summed E-state index contributed by atoms with van der Waals surface area (Å²) in [7, 11) is 1.84. The molecule has 0 saturated heterocycles. The standard InChI is InChI=1S/C23H31FN4O2/c1-4-6-17(7-5-2)23(30)28-13-12-20-19(15-28)21(26-27(20)3)22(29)25-14-16-8-10-18(24)11-9-16/h8-11,17H,4-7,12-15H2,1-3H3,(H,25,29). The number of aromatic nitrogens is 2. The minimum atomic E-state index is -0.307. The number of nitrogens with one attached hydrogen (secondary N) is 1. The number of amides is 2. The molecule has 0 spiro atoms. The van der Waals surface area contributed by atoms with Gasteiger partial charge >= 0.3 is 0 Å². The van der Waals surface area contributed by atoms with E-state index in [2.05, 4.69) is 24.3 Å². The van der Waals surface area contributed by atoms with Crippen molar-refractivity contribution in [2.75, 3.05) is 6.54 Å². The first kappa shape index (κ1) is 22.0. The maximum atomic E-state index is 13.1. The second-order valence-corrected chi connectivity index (χ2v) is 7.99. The van der Waals surface area contributed by atoms with E-state index in [9.17, 15) is 14.0 Å². The lowest BCUT2D eigenvalue weighted by atomic mass is 9.95. The Morgan fingerprint density at radius 3 is 2.47 bits per heavy atom. The fourth-order valence-electron chi connectivity index (χ4n) is 4.18. The summed E-state index contributed by atoms with van der Waals surface area (Å²) in [6.07, 6.45) is 4.46. The number of rotatable bonds is 8. The molecular formula is C23H31FN4O2. The van der Waals surface area contributed by atoms with E-state index in [-0.39, 0.29) is 23.5 Å². The molecule has 1 aromatic carbocycles. The number of hydrogen-bond acceptors (Lipinski definition) is 3. The predicted octanol–water partition coefficient (Wildman–Crippen LogP) is 3.59. The van der Waals surface area contributed by atoms with Gasteiger partial charge in [-0.25, -0.2) is 4.39 Å². The van der Waals surface area contributed by atoms with Crippen molar-refractivity contribution in [3.63, 3.8) is 0 Å². The number of benzene rings is 1. The first-order valence-electron chi connectivity index (χ1n) is 10.8. The number of fused-ring (bicyclic) bond motifs is 1. The van der Waals surface area contributed by atoms with Crippen molar-refractivity contribution >= 4 is 11.8 Å². The summed E-state index contributed by atoms with van der Waals surface area (Å²) in [4.78, 5) is 27.8. The van der Waals surface area contributed by atoms with Gasteiger partial charge in [0.05, 0.1) is 0 Å². The van der Waals surface area contributed by atoms with Gasteiger partial charge in [0, 0.05) is 50.3 Å². The van der Waals surface area contributed by atoms with E-state index in [0.717, 1.165) is 42.5 Å². The predicted molar refractivity (Wildman–Crippen MR) is 113 cm³/mol. The zero-order valence-corrected chi connectivity index (χ0v) is 18.1. The van der Waals surface area contributed by atoms with Crippen LogP contribution in [-0.2, 0) is 31.4 Å². The van der Waals surface area contributed by atoms with Crippen molar-refractivity contribution in [3.05, 3.63) is 52.6 Å². The van der Waals surface area contributed by atoms with Gasteiger partial charge in [-0.1, -0.05) is 38.8 Å². The third kappa shape index (κ3) is 4.89. The van der Waals surface area contributed by atoms with Crippen LogP contribution in [0, 0.1) is 11.7 Å². The molecule has 0 bridgehead atoms. The largest absolute Gasteiger partial charge is 0.347 e. The monoisotopic (exact) mass is 414 g/mol. The summed E-state index contributed by atoms with van der Waals surface area (Å²) in [6.45, 7) is 5.59. The van der Waals surface area contributed by atoms with Crippen LogP contribution in [0.3, 0.4) is 0 Å². The molecule has 0 saturated carbocycles. The Hall–Kier alpha value is -2.70. The number of hydrogen-bond donors (Lipinski definition) is 1. The Morgan fingerprint density at radius 1 is 1.17 bits per heavy atom. The van der Waals surface area contributed by atoms with Gasteiger partial charge in [0.25, 0.3) is 5.91 Å². The molecule has 0 unspecified atom stereocenters. The van der Waals surface area contributed by atoms with E-state index in [4.69, 9.17) is 0 Å². The van der Waals surface area contributed by atoms with Crippen molar-refractivity contribution in [2.24, 2.45) is 13.0 Å². The molecule has 1 N–H and O–H groups in total. The summed E-state index contributed by atoms with van der Waals surface area (Å²) in [5, 5.41) is 7.30. The zero-order chi connectivity index (χ0) is 21.7. The van der Waals surface area contributed by atoms with E-state index >= 15 is 0 Å². The van der Waals surface area contributed by atoms with E-state index < -0.39 is 0 Å². The van der Waals surface area contributed by atoms with Gasteiger partial charge in [0.1, 0.15) is 5.82 Å². The molecule has 6 nitrogen and oxygen atoms in total. The lowest BCUT2D eigenvalue weighted by molar-refractivity contribution is -0.137. The molecule has 0 fully saturated rings. The highest BCUT2D eigenvalue weighted by Crippen LogP contribution is 2.25. The summed E-state index contributed by atoms with van der Waals surface area (Å²) in [6, 6.07) is 6.03. The fourth-order valence-corrected chi connectivity index (χ4v) is 4.18. The summed E-state index contributed by atoms with van der Waals surface area (Å²) >= 11 is 0. The van der Waals surface area contributed by atoms with Crippen LogP contribution in [0.1, 0.15) is 66.8 Å². The second-order valence-electron chi connectivity index (χ2n) is 7.99. The molecule has 2 aromatic rings. The number of nitrogens with zero attached hydrogens (tertiary/aromatic N) is 3. The molecule has 2 heterocycles. The van der Waals surface area contributed by atoms with E-state index in [1.165, 1.54) is 12.1 Å². The highest BCUT2D eigenvalue weighted by molar-refractivity contribution is 5.94. The maximum Gasteiger partial charge on any atom is 0.272 e.